The molecule has 0 spiro atoms. The lowest BCUT2D eigenvalue weighted by atomic mass is 10.1. The molecule has 1 aromatic heterocycles. The van der Waals surface area contributed by atoms with Gasteiger partial charge in [0.25, 0.3) is 5.91 Å². The number of carbonyl (C=O) groups is 1. The summed E-state index contributed by atoms with van der Waals surface area (Å²) in [6, 6.07) is 19.6. The van der Waals surface area contributed by atoms with Crippen LogP contribution in [0.15, 0.2) is 79.0 Å². The van der Waals surface area contributed by atoms with E-state index in [9.17, 15) is 13.6 Å². The molecule has 6 heteroatoms. The molecule has 4 rings (SSSR count). The van der Waals surface area contributed by atoms with E-state index in [-0.39, 0.29) is 12.5 Å². The maximum absolute atomic E-state index is 13.2. The van der Waals surface area contributed by atoms with Gasteiger partial charge in [0, 0.05) is 29.8 Å². The van der Waals surface area contributed by atoms with Crippen LogP contribution in [0, 0.1) is 11.6 Å². The molecule has 150 valence electrons. The van der Waals surface area contributed by atoms with Crippen molar-refractivity contribution < 1.29 is 18.3 Å². The first kappa shape index (κ1) is 19.5. The van der Waals surface area contributed by atoms with Crippen molar-refractivity contribution >= 4 is 16.8 Å². The fourth-order valence-corrected chi connectivity index (χ4v) is 3.07. The highest BCUT2D eigenvalue weighted by Crippen LogP contribution is 2.16. The number of carbonyl (C=O) groups excluding carboxylic acids is 1. The van der Waals surface area contributed by atoms with E-state index in [0.29, 0.717) is 23.4 Å². The Balaban J connectivity index is 1.33. The molecule has 1 N–H and O–H groups in total. The predicted octanol–water partition coefficient (Wildman–Crippen LogP) is 5.02. The number of pyridine rings is 1. The van der Waals surface area contributed by atoms with Gasteiger partial charge in [0.2, 0.25) is 0 Å². The zero-order valence-corrected chi connectivity index (χ0v) is 15.9. The Kier molecular flexibility index (Phi) is 5.66. The maximum atomic E-state index is 13.2. The number of hydrogen-bond donors (Lipinski definition) is 1. The van der Waals surface area contributed by atoms with E-state index < -0.39 is 11.6 Å². The highest BCUT2D eigenvalue weighted by molar-refractivity contribution is 5.97. The van der Waals surface area contributed by atoms with E-state index in [4.69, 9.17) is 4.74 Å². The standard InChI is InChI=1S/C24H18F2N2O2/c25-20-10-17(11-21(26)13-20)15-30-22-6-3-16(4-7-22)14-28-24(29)19-5-8-23-18(12-19)2-1-9-27-23/h1-13H,14-15H2,(H,28,29). The summed E-state index contributed by atoms with van der Waals surface area (Å²) in [4.78, 5) is 16.7. The van der Waals surface area contributed by atoms with Crippen LogP contribution >= 0.6 is 0 Å². The molecule has 0 saturated carbocycles. The Bertz CT molecular complexity index is 1170. The second-order valence-electron chi connectivity index (χ2n) is 6.80. The highest BCUT2D eigenvalue weighted by atomic mass is 19.1. The number of nitrogens with one attached hydrogen (secondary N) is 1. The number of nitrogens with zero attached hydrogens (tertiary/aromatic N) is 1. The number of hydrogen-bond acceptors (Lipinski definition) is 3. The topological polar surface area (TPSA) is 51.2 Å². The first-order chi connectivity index (χ1) is 14.6. The smallest absolute Gasteiger partial charge is 0.251 e. The van der Waals surface area contributed by atoms with Crippen LogP contribution in [0.3, 0.4) is 0 Å². The monoisotopic (exact) mass is 404 g/mol. The zero-order chi connectivity index (χ0) is 20.9. The first-order valence-electron chi connectivity index (χ1n) is 9.36. The van der Waals surface area contributed by atoms with Crippen molar-refractivity contribution in [3.05, 3.63) is 107 Å². The Morgan fingerprint density at radius 1 is 0.900 bits per heavy atom. The molecule has 0 aliphatic carbocycles. The van der Waals surface area contributed by atoms with Crippen molar-refractivity contribution in [2.75, 3.05) is 0 Å². The van der Waals surface area contributed by atoms with Crippen molar-refractivity contribution in [3.63, 3.8) is 0 Å². The minimum absolute atomic E-state index is 0.0571. The van der Waals surface area contributed by atoms with Gasteiger partial charge < -0.3 is 10.1 Å². The predicted molar refractivity (Wildman–Crippen MR) is 110 cm³/mol. The molecule has 0 aliphatic rings. The highest BCUT2D eigenvalue weighted by Gasteiger charge is 2.07. The second kappa shape index (κ2) is 8.69. The normalized spacial score (nSPS) is 10.7. The molecule has 0 radical (unpaired) electrons. The van der Waals surface area contributed by atoms with Crippen molar-refractivity contribution in [2.24, 2.45) is 0 Å². The summed E-state index contributed by atoms with van der Waals surface area (Å²) in [5.74, 6) is -0.879. The van der Waals surface area contributed by atoms with E-state index in [2.05, 4.69) is 10.3 Å². The molecule has 3 aromatic carbocycles. The molecule has 0 unspecified atom stereocenters. The van der Waals surface area contributed by atoms with Crippen molar-refractivity contribution in [3.8, 4) is 5.75 Å². The minimum Gasteiger partial charge on any atom is -0.489 e. The minimum atomic E-state index is -0.637. The molecular formula is C24H18F2N2O2. The number of rotatable bonds is 6. The van der Waals surface area contributed by atoms with Gasteiger partial charge in [-0.2, -0.15) is 0 Å². The number of aromatic nitrogens is 1. The summed E-state index contributed by atoms with van der Waals surface area (Å²) in [5.41, 5.74) is 2.72. The van der Waals surface area contributed by atoms with Crippen LogP contribution in [0.2, 0.25) is 0 Å². The molecule has 1 heterocycles. The molecule has 0 atom stereocenters. The quantitative estimate of drug-likeness (QED) is 0.491. The van der Waals surface area contributed by atoms with Gasteiger partial charge >= 0.3 is 0 Å². The van der Waals surface area contributed by atoms with Crippen LogP contribution in [-0.2, 0) is 13.2 Å². The molecule has 0 aliphatic heterocycles. The van der Waals surface area contributed by atoms with Gasteiger partial charge in [-0.3, -0.25) is 9.78 Å². The van der Waals surface area contributed by atoms with Gasteiger partial charge in [0.1, 0.15) is 24.0 Å². The Labute approximate surface area is 172 Å². The van der Waals surface area contributed by atoms with E-state index >= 15 is 0 Å². The van der Waals surface area contributed by atoms with Crippen molar-refractivity contribution in [1.29, 1.82) is 0 Å². The molecule has 1 amide bonds. The first-order valence-corrected chi connectivity index (χ1v) is 9.36. The molecule has 30 heavy (non-hydrogen) atoms. The van der Waals surface area contributed by atoms with Crippen molar-refractivity contribution in [1.82, 2.24) is 10.3 Å². The van der Waals surface area contributed by atoms with Crippen LogP contribution in [-0.4, -0.2) is 10.9 Å². The summed E-state index contributed by atoms with van der Waals surface area (Å²) in [5, 5.41) is 3.79. The van der Waals surface area contributed by atoms with E-state index in [1.165, 1.54) is 12.1 Å². The fourth-order valence-electron chi connectivity index (χ4n) is 3.07. The van der Waals surface area contributed by atoms with Crippen LogP contribution < -0.4 is 10.1 Å². The zero-order valence-electron chi connectivity index (χ0n) is 15.9. The van der Waals surface area contributed by atoms with E-state index in [0.717, 1.165) is 22.5 Å². The number of ether oxygens (including phenoxy) is 1. The SMILES string of the molecule is O=C(NCc1ccc(OCc2cc(F)cc(F)c2)cc1)c1ccc2ncccc2c1. The van der Waals surface area contributed by atoms with Gasteiger partial charge in [-0.15, -0.1) is 0 Å². The molecule has 0 bridgehead atoms. The lowest BCUT2D eigenvalue weighted by Gasteiger charge is -2.09. The Hall–Kier alpha value is -3.80. The average Bonchev–Trinajstić information content (AvgIpc) is 2.76. The van der Waals surface area contributed by atoms with Crippen LogP contribution in [0.1, 0.15) is 21.5 Å². The summed E-state index contributed by atoms with van der Waals surface area (Å²) < 4.78 is 32.0. The third-order valence-electron chi connectivity index (χ3n) is 4.57. The molecule has 0 fully saturated rings. The van der Waals surface area contributed by atoms with Gasteiger partial charge in [-0.1, -0.05) is 18.2 Å². The van der Waals surface area contributed by atoms with Crippen LogP contribution in [0.4, 0.5) is 8.78 Å². The van der Waals surface area contributed by atoms with Gasteiger partial charge in [0.05, 0.1) is 5.52 Å². The van der Waals surface area contributed by atoms with Gasteiger partial charge in [-0.05, 0) is 59.7 Å². The summed E-state index contributed by atoms with van der Waals surface area (Å²) in [7, 11) is 0. The fraction of sp³-hybridized carbons (Fsp3) is 0.0833. The Morgan fingerprint density at radius 2 is 1.67 bits per heavy atom. The van der Waals surface area contributed by atoms with Gasteiger partial charge in [-0.25, -0.2) is 8.78 Å². The molecular weight excluding hydrogens is 386 g/mol. The lowest BCUT2D eigenvalue weighted by molar-refractivity contribution is 0.0951. The summed E-state index contributed by atoms with van der Waals surface area (Å²) in [6.45, 7) is 0.418. The average molecular weight is 404 g/mol. The summed E-state index contributed by atoms with van der Waals surface area (Å²) >= 11 is 0. The maximum Gasteiger partial charge on any atom is 0.251 e. The largest absolute Gasteiger partial charge is 0.489 e. The third kappa shape index (κ3) is 4.78. The number of amides is 1. The Morgan fingerprint density at radius 3 is 2.43 bits per heavy atom. The third-order valence-corrected chi connectivity index (χ3v) is 4.57. The molecule has 0 saturated heterocycles. The van der Waals surface area contributed by atoms with Crippen LogP contribution in [0.25, 0.3) is 10.9 Å². The van der Waals surface area contributed by atoms with Gasteiger partial charge in [0.15, 0.2) is 0 Å². The number of halogens is 2. The van der Waals surface area contributed by atoms with E-state index in [1.54, 1.807) is 24.4 Å². The molecule has 4 aromatic rings. The summed E-state index contributed by atoms with van der Waals surface area (Å²) in [6.07, 6.45) is 1.71. The molecule has 4 nitrogen and oxygen atoms in total. The van der Waals surface area contributed by atoms with Crippen molar-refractivity contribution in [2.45, 2.75) is 13.2 Å². The lowest BCUT2D eigenvalue weighted by Crippen LogP contribution is -2.22. The van der Waals surface area contributed by atoms with Crippen LogP contribution in [0.5, 0.6) is 5.75 Å². The second-order valence-corrected chi connectivity index (χ2v) is 6.80. The number of fused-ring (bicyclic) bond motifs is 1. The number of benzene rings is 3. The van der Waals surface area contributed by atoms with E-state index in [1.807, 2.05) is 36.4 Å².